The summed E-state index contributed by atoms with van der Waals surface area (Å²) >= 11 is 0. The van der Waals surface area contributed by atoms with Gasteiger partial charge in [0.25, 0.3) is 0 Å². The van der Waals surface area contributed by atoms with Crippen LogP contribution in [-0.2, 0) is 11.2 Å². The molecule has 1 N–H and O–H groups in total. The zero-order valence-electron chi connectivity index (χ0n) is 14.3. The van der Waals surface area contributed by atoms with Crippen LogP contribution in [0.1, 0.15) is 46.0 Å². The molecule has 1 aliphatic carbocycles. The van der Waals surface area contributed by atoms with Crippen LogP contribution in [0.5, 0.6) is 0 Å². The molecule has 3 nitrogen and oxygen atoms in total. The molecular formula is C21H21NO2. The summed E-state index contributed by atoms with van der Waals surface area (Å²) in [5, 5.41) is 2.74. The van der Waals surface area contributed by atoms with Crippen molar-refractivity contribution in [2.24, 2.45) is 0 Å². The number of anilines is 1. The summed E-state index contributed by atoms with van der Waals surface area (Å²) in [5.41, 5.74) is 6.94. The van der Waals surface area contributed by atoms with E-state index < -0.39 is 0 Å². The van der Waals surface area contributed by atoms with Crippen LogP contribution in [-0.4, -0.2) is 11.7 Å². The summed E-state index contributed by atoms with van der Waals surface area (Å²) < 4.78 is 0. The fourth-order valence-electron chi connectivity index (χ4n) is 3.28. The van der Waals surface area contributed by atoms with Crippen LogP contribution in [0.4, 0.5) is 5.69 Å². The number of amides is 1. The molecule has 0 saturated heterocycles. The second kappa shape index (κ2) is 6.44. The maximum atomic E-state index is 12.8. The van der Waals surface area contributed by atoms with Crippen molar-refractivity contribution in [1.82, 2.24) is 0 Å². The van der Waals surface area contributed by atoms with Crippen molar-refractivity contribution < 1.29 is 9.59 Å². The molecule has 0 radical (unpaired) electrons. The smallest absolute Gasteiger partial charge is 0.221 e. The number of fused-ring (bicyclic) bond motifs is 1. The number of nitrogens with one attached hydrogen (secondary N) is 1. The Balaban J connectivity index is 1.89. The van der Waals surface area contributed by atoms with Crippen molar-refractivity contribution >= 4 is 23.5 Å². The second-order valence-corrected chi connectivity index (χ2v) is 6.41. The lowest BCUT2D eigenvalue weighted by atomic mass is 9.83. The molecular weight excluding hydrogens is 298 g/mol. The van der Waals surface area contributed by atoms with Crippen molar-refractivity contribution in [3.05, 3.63) is 69.8 Å². The van der Waals surface area contributed by atoms with Crippen molar-refractivity contribution in [2.45, 2.75) is 33.6 Å². The van der Waals surface area contributed by atoms with Gasteiger partial charge in [0.1, 0.15) is 0 Å². The Labute approximate surface area is 142 Å². The summed E-state index contributed by atoms with van der Waals surface area (Å²) in [6, 6.07) is 11.7. The number of carbonyl (C=O) groups excluding carboxylic acids is 2. The third kappa shape index (κ3) is 3.30. The number of carbonyl (C=O) groups is 2. The third-order valence-electron chi connectivity index (χ3n) is 4.37. The normalized spacial score (nSPS) is 15.3. The third-order valence-corrected chi connectivity index (χ3v) is 4.37. The van der Waals surface area contributed by atoms with Gasteiger partial charge in [-0.3, -0.25) is 9.59 Å². The summed E-state index contributed by atoms with van der Waals surface area (Å²) in [4.78, 5) is 23.9. The molecule has 0 saturated carbocycles. The van der Waals surface area contributed by atoms with Crippen LogP contribution in [0.25, 0.3) is 6.08 Å². The molecule has 3 heteroatoms. The highest BCUT2D eigenvalue weighted by Crippen LogP contribution is 2.30. The van der Waals surface area contributed by atoms with E-state index in [4.69, 9.17) is 0 Å². The van der Waals surface area contributed by atoms with E-state index in [-0.39, 0.29) is 11.7 Å². The number of hydrogen-bond acceptors (Lipinski definition) is 2. The highest BCUT2D eigenvalue weighted by molar-refractivity contribution is 6.13. The second-order valence-electron chi connectivity index (χ2n) is 6.41. The quantitative estimate of drug-likeness (QED) is 0.830. The lowest BCUT2D eigenvalue weighted by Crippen LogP contribution is -2.15. The molecule has 1 aliphatic rings. The van der Waals surface area contributed by atoms with E-state index in [0.717, 1.165) is 40.8 Å². The Hall–Kier alpha value is -2.68. The Morgan fingerprint density at radius 3 is 2.46 bits per heavy atom. The molecule has 3 rings (SSSR count). The number of hydrogen-bond donors (Lipinski definition) is 1. The Morgan fingerprint density at radius 2 is 1.79 bits per heavy atom. The van der Waals surface area contributed by atoms with Gasteiger partial charge in [0.05, 0.1) is 0 Å². The predicted octanol–water partition coefficient (Wildman–Crippen LogP) is 4.47. The van der Waals surface area contributed by atoms with Crippen LogP contribution >= 0.6 is 0 Å². The van der Waals surface area contributed by atoms with E-state index in [1.165, 1.54) is 18.1 Å². The van der Waals surface area contributed by atoms with E-state index in [9.17, 15) is 9.59 Å². The summed E-state index contributed by atoms with van der Waals surface area (Å²) in [5.74, 6) is 0.0416. The van der Waals surface area contributed by atoms with E-state index >= 15 is 0 Å². The molecule has 0 spiro atoms. The highest BCUT2D eigenvalue weighted by Gasteiger charge is 2.23. The number of aryl methyl sites for hydroxylation is 2. The fraction of sp³-hybridized carbons (Fsp3) is 0.238. The molecule has 0 bridgehead atoms. The number of rotatable bonds is 2. The average molecular weight is 319 g/mol. The lowest BCUT2D eigenvalue weighted by molar-refractivity contribution is -0.114. The van der Waals surface area contributed by atoms with Crippen LogP contribution in [0.3, 0.4) is 0 Å². The fourth-order valence-corrected chi connectivity index (χ4v) is 3.28. The zero-order chi connectivity index (χ0) is 17.3. The molecule has 2 aromatic rings. The number of allylic oxidation sites excluding steroid dienone is 1. The first-order chi connectivity index (χ1) is 11.4. The van der Waals surface area contributed by atoms with Crippen molar-refractivity contribution in [2.75, 3.05) is 5.32 Å². The Kier molecular flexibility index (Phi) is 4.34. The Morgan fingerprint density at radius 1 is 1.08 bits per heavy atom. The van der Waals surface area contributed by atoms with E-state index in [1.807, 2.05) is 43.3 Å². The molecule has 0 aromatic heterocycles. The van der Waals surface area contributed by atoms with E-state index in [2.05, 4.69) is 18.3 Å². The molecule has 122 valence electrons. The minimum Gasteiger partial charge on any atom is -0.326 e. The standard InChI is InChI=1S/C21H21NO2/c1-13-10-14(2)19-9-6-17(21(24)20(19)11-13)12-16-4-7-18(8-5-16)22-15(3)23/h4-5,7-8,10-12H,6,9H2,1-3H3,(H,22,23)/b17-12+. The molecule has 0 aliphatic heterocycles. The minimum atomic E-state index is -0.0918. The highest BCUT2D eigenvalue weighted by atomic mass is 16.1. The first kappa shape index (κ1) is 16.2. The number of ketones is 1. The predicted molar refractivity (Wildman–Crippen MR) is 97.3 cm³/mol. The van der Waals surface area contributed by atoms with Gasteiger partial charge in [0, 0.05) is 23.7 Å². The maximum Gasteiger partial charge on any atom is 0.221 e. The van der Waals surface area contributed by atoms with E-state index in [0.29, 0.717) is 0 Å². The summed E-state index contributed by atoms with van der Waals surface area (Å²) in [6.45, 7) is 5.59. The minimum absolute atomic E-state index is 0.0918. The molecule has 0 fully saturated rings. The molecule has 0 unspecified atom stereocenters. The van der Waals surface area contributed by atoms with Gasteiger partial charge in [-0.1, -0.05) is 23.8 Å². The number of Topliss-reactive ketones (excluding diaryl/α,β-unsaturated/α-hetero) is 1. The van der Waals surface area contributed by atoms with Crippen LogP contribution in [0, 0.1) is 13.8 Å². The Bertz CT molecular complexity index is 845. The largest absolute Gasteiger partial charge is 0.326 e. The molecule has 1 amide bonds. The SMILES string of the molecule is CC(=O)Nc1ccc(/C=C2\CCc3c(C)cc(C)cc3C2=O)cc1. The average Bonchev–Trinajstić information content (AvgIpc) is 2.52. The van der Waals surface area contributed by atoms with Crippen LogP contribution in [0.2, 0.25) is 0 Å². The molecule has 0 atom stereocenters. The van der Waals surface area contributed by atoms with Gasteiger partial charge in [-0.2, -0.15) is 0 Å². The monoisotopic (exact) mass is 319 g/mol. The van der Waals surface area contributed by atoms with Crippen LogP contribution < -0.4 is 5.32 Å². The van der Waals surface area contributed by atoms with Crippen molar-refractivity contribution in [1.29, 1.82) is 0 Å². The molecule has 2 aromatic carbocycles. The van der Waals surface area contributed by atoms with Gasteiger partial charge in [-0.05, 0) is 67.7 Å². The van der Waals surface area contributed by atoms with Crippen molar-refractivity contribution in [3.8, 4) is 0 Å². The van der Waals surface area contributed by atoms with Crippen molar-refractivity contribution in [3.63, 3.8) is 0 Å². The first-order valence-corrected chi connectivity index (χ1v) is 8.17. The van der Waals surface area contributed by atoms with Gasteiger partial charge in [0.2, 0.25) is 5.91 Å². The summed E-state index contributed by atoms with van der Waals surface area (Å²) in [6.07, 6.45) is 3.63. The number of benzene rings is 2. The molecule has 0 heterocycles. The topological polar surface area (TPSA) is 46.2 Å². The maximum absolute atomic E-state index is 12.8. The van der Waals surface area contributed by atoms with Crippen LogP contribution in [0.15, 0.2) is 42.0 Å². The zero-order valence-corrected chi connectivity index (χ0v) is 14.3. The first-order valence-electron chi connectivity index (χ1n) is 8.17. The molecule has 24 heavy (non-hydrogen) atoms. The lowest BCUT2D eigenvalue weighted by Gasteiger charge is -2.20. The summed E-state index contributed by atoms with van der Waals surface area (Å²) in [7, 11) is 0. The van der Waals surface area contributed by atoms with Gasteiger partial charge in [0.15, 0.2) is 5.78 Å². The van der Waals surface area contributed by atoms with Gasteiger partial charge < -0.3 is 5.32 Å². The van der Waals surface area contributed by atoms with E-state index in [1.54, 1.807) is 0 Å². The van der Waals surface area contributed by atoms with Gasteiger partial charge in [-0.25, -0.2) is 0 Å². The van der Waals surface area contributed by atoms with Gasteiger partial charge in [-0.15, -0.1) is 0 Å². The van der Waals surface area contributed by atoms with Gasteiger partial charge >= 0.3 is 0 Å².